The molecule has 1 amide bonds. The molecule has 1 aliphatic rings. The second-order valence-electron chi connectivity index (χ2n) is 4.07. The van der Waals surface area contributed by atoms with Crippen LogP contribution in [0.25, 0.3) is 0 Å². The number of carbonyl (C=O) groups excluding carboxylic acids is 3. The van der Waals surface area contributed by atoms with Crippen molar-refractivity contribution in [3.8, 4) is 0 Å². The molecule has 114 valence electrons. The minimum atomic E-state index is -5.21. The van der Waals surface area contributed by atoms with Crippen LogP contribution in [0.3, 0.4) is 0 Å². The van der Waals surface area contributed by atoms with Gasteiger partial charge in [-0.2, -0.15) is 13.2 Å². The van der Waals surface area contributed by atoms with Gasteiger partial charge < -0.3 is 14.7 Å². The Hall–Kier alpha value is -1.68. The lowest BCUT2D eigenvalue weighted by Gasteiger charge is -2.33. The predicted molar refractivity (Wildman–Crippen MR) is 57.3 cm³/mol. The third-order valence-electron chi connectivity index (χ3n) is 2.65. The zero-order valence-corrected chi connectivity index (χ0v) is 10.4. The fourth-order valence-corrected chi connectivity index (χ4v) is 1.63. The Morgan fingerprint density at radius 2 is 1.65 bits per heavy atom. The average Bonchev–Trinajstić information content (AvgIpc) is 2.37. The Morgan fingerprint density at radius 3 is 2.10 bits per heavy atom. The monoisotopic (exact) mass is 298 g/mol. The Bertz CT molecular complexity index is 391. The number of hydrogen-bond donors (Lipinski definition) is 1. The van der Waals surface area contributed by atoms with Gasteiger partial charge in [0.25, 0.3) is 0 Å². The average molecular weight is 298 g/mol. The van der Waals surface area contributed by atoms with E-state index in [4.69, 9.17) is 5.11 Å². The van der Waals surface area contributed by atoms with E-state index in [2.05, 4.69) is 4.74 Å². The second kappa shape index (κ2) is 6.66. The standard InChI is InChI=1S/C10H13F3N2O5/c11-10(12,13)9(19)20-8(18)5-14-1-3-15(4-2-14)7(17)6-16/h16H,1-6H2. The normalized spacial score (nSPS) is 16.9. The summed E-state index contributed by atoms with van der Waals surface area (Å²) in [6.07, 6.45) is -5.21. The van der Waals surface area contributed by atoms with Gasteiger partial charge in [0.15, 0.2) is 0 Å². The number of aliphatic hydroxyl groups excluding tert-OH is 1. The molecule has 20 heavy (non-hydrogen) atoms. The molecule has 0 aliphatic carbocycles. The molecule has 1 fully saturated rings. The van der Waals surface area contributed by atoms with Crippen molar-refractivity contribution in [3.05, 3.63) is 0 Å². The summed E-state index contributed by atoms with van der Waals surface area (Å²) in [5.41, 5.74) is 0. The first-order chi connectivity index (χ1) is 9.24. The molecule has 1 aliphatic heterocycles. The van der Waals surface area contributed by atoms with Gasteiger partial charge in [0.05, 0.1) is 6.54 Å². The lowest BCUT2D eigenvalue weighted by molar-refractivity contribution is -0.202. The van der Waals surface area contributed by atoms with E-state index in [1.165, 1.54) is 9.80 Å². The lowest BCUT2D eigenvalue weighted by Crippen LogP contribution is -2.51. The van der Waals surface area contributed by atoms with Crippen molar-refractivity contribution in [2.75, 3.05) is 39.3 Å². The van der Waals surface area contributed by atoms with Gasteiger partial charge in [0, 0.05) is 26.2 Å². The van der Waals surface area contributed by atoms with Gasteiger partial charge in [-0.15, -0.1) is 0 Å². The van der Waals surface area contributed by atoms with E-state index in [1.54, 1.807) is 0 Å². The smallest absolute Gasteiger partial charge is 0.387 e. The van der Waals surface area contributed by atoms with Crippen LogP contribution in [-0.2, 0) is 19.1 Å². The van der Waals surface area contributed by atoms with Gasteiger partial charge in [-0.25, -0.2) is 4.79 Å². The summed E-state index contributed by atoms with van der Waals surface area (Å²) in [6, 6.07) is 0. The topological polar surface area (TPSA) is 87.2 Å². The van der Waals surface area contributed by atoms with Crippen molar-refractivity contribution in [1.29, 1.82) is 0 Å². The highest BCUT2D eigenvalue weighted by molar-refractivity contribution is 5.89. The molecule has 0 bridgehead atoms. The molecule has 7 nitrogen and oxygen atoms in total. The Balaban J connectivity index is 2.35. The summed E-state index contributed by atoms with van der Waals surface area (Å²) in [7, 11) is 0. The first-order valence-electron chi connectivity index (χ1n) is 5.67. The summed E-state index contributed by atoms with van der Waals surface area (Å²) >= 11 is 0. The van der Waals surface area contributed by atoms with E-state index in [9.17, 15) is 27.6 Å². The molecule has 0 atom stereocenters. The van der Waals surface area contributed by atoms with Crippen LogP contribution >= 0.6 is 0 Å². The number of ether oxygens (including phenoxy) is 1. The van der Waals surface area contributed by atoms with E-state index >= 15 is 0 Å². The number of alkyl halides is 3. The number of piperazine rings is 1. The summed E-state index contributed by atoms with van der Waals surface area (Å²) < 4.78 is 39.2. The van der Waals surface area contributed by atoms with Crippen molar-refractivity contribution in [2.24, 2.45) is 0 Å². The highest BCUT2D eigenvalue weighted by Crippen LogP contribution is 2.16. The third-order valence-corrected chi connectivity index (χ3v) is 2.65. The summed E-state index contributed by atoms with van der Waals surface area (Å²) in [5.74, 6) is -4.30. The first kappa shape index (κ1) is 16.4. The SMILES string of the molecule is O=C(CN1CCN(C(=O)CO)CC1)OC(=O)C(F)(F)F. The van der Waals surface area contributed by atoms with E-state index in [-0.39, 0.29) is 26.2 Å². The van der Waals surface area contributed by atoms with Crippen molar-refractivity contribution in [2.45, 2.75) is 6.18 Å². The van der Waals surface area contributed by atoms with Crippen LogP contribution in [0.5, 0.6) is 0 Å². The number of hydrogen-bond acceptors (Lipinski definition) is 6. The molecule has 0 aromatic carbocycles. The molecule has 0 aromatic rings. The Kier molecular flexibility index (Phi) is 5.45. The minimum Gasteiger partial charge on any atom is -0.387 e. The molecule has 1 saturated heterocycles. The van der Waals surface area contributed by atoms with Crippen LogP contribution in [0.2, 0.25) is 0 Å². The molecule has 1 rings (SSSR count). The van der Waals surface area contributed by atoms with Gasteiger partial charge >= 0.3 is 18.1 Å². The molecule has 1 N–H and O–H groups in total. The van der Waals surface area contributed by atoms with Gasteiger partial charge in [0.2, 0.25) is 5.91 Å². The number of amides is 1. The number of nitrogens with zero attached hydrogens (tertiary/aromatic N) is 2. The molecule has 1 heterocycles. The number of esters is 2. The largest absolute Gasteiger partial charge is 0.491 e. The van der Waals surface area contributed by atoms with Crippen LogP contribution in [0.4, 0.5) is 13.2 Å². The van der Waals surface area contributed by atoms with Gasteiger partial charge in [0.1, 0.15) is 6.61 Å². The number of halogens is 3. The summed E-state index contributed by atoms with van der Waals surface area (Å²) in [6.45, 7) is -0.146. The second-order valence-corrected chi connectivity index (χ2v) is 4.07. The van der Waals surface area contributed by atoms with Crippen LogP contribution < -0.4 is 0 Å². The van der Waals surface area contributed by atoms with Crippen molar-refractivity contribution in [3.63, 3.8) is 0 Å². The van der Waals surface area contributed by atoms with Crippen LogP contribution in [0.1, 0.15) is 0 Å². The van der Waals surface area contributed by atoms with Crippen molar-refractivity contribution < 1.29 is 37.4 Å². The van der Waals surface area contributed by atoms with Gasteiger partial charge in [-0.3, -0.25) is 14.5 Å². The number of carbonyl (C=O) groups is 3. The zero-order chi connectivity index (χ0) is 15.3. The van der Waals surface area contributed by atoms with Crippen LogP contribution in [0.15, 0.2) is 0 Å². The van der Waals surface area contributed by atoms with E-state index < -0.39 is 37.2 Å². The Labute approximate surface area is 111 Å². The molecule has 0 unspecified atom stereocenters. The van der Waals surface area contributed by atoms with Crippen molar-refractivity contribution in [1.82, 2.24) is 9.80 Å². The van der Waals surface area contributed by atoms with Crippen LogP contribution in [-0.4, -0.2) is 78.3 Å². The van der Waals surface area contributed by atoms with Crippen molar-refractivity contribution >= 4 is 17.8 Å². The quantitative estimate of drug-likeness (QED) is 0.518. The number of aliphatic hydroxyl groups is 1. The fraction of sp³-hybridized carbons (Fsp3) is 0.700. The maximum atomic E-state index is 11.9. The zero-order valence-electron chi connectivity index (χ0n) is 10.4. The highest BCUT2D eigenvalue weighted by Gasteiger charge is 2.42. The lowest BCUT2D eigenvalue weighted by atomic mass is 10.3. The Morgan fingerprint density at radius 1 is 1.10 bits per heavy atom. The van der Waals surface area contributed by atoms with E-state index in [0.717, 1.165) is 0 Å². The summed E-state index contributed by atoms with van der Waals surface area (Å²) in [4.78, 5) is 35.5. The number of rotatable bonds is 3. The fourth-order valence-electron chi connectivity index (χ4n) is 1.63. The molecular weight excluding hydrogens is 285 g/mol. The maximum absolute atomic E-state index is 11.9. The molecular formula is C10H13F3N2O5. The first-order valence-corrected chi connectivity index (χ1v) is 5.67. The molecule has 10 heteroatoms. The molecule has 0 aromatic heterocycles. The highest BCUT2D eigenvalue weighted by atomic mass is 19.4. The van der Waals surface area contributed by atoms with Gasteiger partial charge in [-0.1, -0.05) is 0 Å². The predicted octanol–water partition coefficient (Wildman–Crippen LogP) is -1.24. The molecule has 0 radical (unpaired) electrons. The third kappa shape index (κ3) is 4.78. The van der Waals surface area contributed by atoms with Gasteiger partial charge in [-0.05, 0) is 0 Å². The minimum absolute atomic E-state index is 0.236. The molecule has 0 spiro atoms. The maximum Gasteiger partial charge on any atom is 0.491 e. The van der Waals surface area contributed by atoms with E-state index in [1.807, 2.05) is 0 Å². The molecule has 0 saturated carbocycles. The van der Waals surface area contributed by atoms with E-state index in [0.29, 0.717) is 0 Å². The van der Waals surface area contributed by atoms with Crippen LogP contribution in [0, 0.1) is 0 Å². The summed E-state index contributed by atoms with van der Waals surface area (Å²) in [5, 5.41) is 8.65.